The van der Waals surface area contributed by atoms with Crippen LogP contribution in [0, 0.1) is 0 Å². The van der Waals surface area contributed by atoms with Crippen molar-refractivity contribution in [2.24, 2.45) is 0 Å². The zero-order valence-corrected chi connectivity index (χ0v) is 19.6. The first kappa shape index (κ1) is 23.0. The number of benzene rings is 3. The highest BCUT2D eigenvalue weighted by molar-refractivity contribution is 9.10. The second-order valence-electron chi connectivity index (χ2n) is 6.99. The molecule has 0 spiro atoms. The summed E-state index contributed by atoms with van der Waals surface area (Å²) in [6.07, 6.45) is 0.722. The summed E-state index contributed by atoms with van der Waals surface area (Å²) < 4.78 is 32.1. The van der Waals surface area contributed by atoms with Gasteiger partial charge in [0.15, 0.2) is 0 Å². The molecule has 0 saturated heterocycles. The van der Waals surface area contributed by atoms with Crippen molar-refractivity contribution in [3.8, 4) is 5.75 Å². The number of hydrogen-bond acceptors (Lipinski definition) is 4. The smallest absolute Gasteiger partial charge is 0.259 e. The molecule has 0 radical (unpaired) electrons. The summed E-state index contributed by atoms with van der Waals surface area (Å²) in [6.45, 7) is 0.434. The molecule has 0 fully saturated rings. The molecule has 0 unspecified atom stereocenters. The lowest BCUT2D eigenvalue weighted by atomic mass is 10.1. The van der Waals surface area contributed by atoms with Crippen molar-refractivity contribution >= 4 is 37.5 Å². The number of nitrogens with zero attached hydrogens (tertiary/aromatic N) is 1. The Balaban J connectivity index is 1.71. The molecule has 31 heavy (non-hydrogen) atoms. The summed E-state index contributed by atoms with van der Waals surface area (Å²) in [5.41, 5.74) is 2.02. The molecule has 3 aromatic carbocycles. The fourth-order valence-corrected chi connectivity index (χ4v) is 4.11. The highest BCUT2D eigenvalue weighted by atomic mass is 79.9. The molecule has 0 heterocycles. The number of hydrogen-bond donors (Lipinski definition) is 1. The number of amides is 1. The van der Waals surface area contributed by atoms with Crippen LogP contribution in [0.5, 0.6) is 5.75 Å². The van der Waals surface area contributed by atoms with E-state index in [2.05, 4.69) is 21.2 Å². The van der Waals surface area contributed by atoms with Crippen LogP contribution in [0.4, 0.5) is 5.69 Å². The first-order chi connectivity index (χ1) is 14.8. The zero-order valence-electron chi connectivity index (χ0n) is 17.2. The molecule has 6 nitrogen and oxygen atoms in total. The second kappa shape index (κ2) is 10.1. The minimum Gasteiger partial charge on any atom is -0.492 e. The van der Waals surface area contributed by atoms with Gasteiger partial charge in [0.2, 0.25) is 10.0 Å². The molecule has 3 rings (SSSR count). The molecule has 1 amide bonds. The minimum absolute atomic E-state index is 0.155. The van der Waals surface area contributed by atoms with Crippen LogP contribution >= 0.6 is 15.9 Å². The third kappa shape index (κ3) is 5.94. The summed E-state index contributed by atoms with van der Waals surface area (Å²) in [7, 11) is -0.586. The molecule has 1 N–H and O–H groups in total. The van der Waals surface area contributed by atoms with Gasteiger partial charge in [-0.05, 0) is 48.0 Å². The zero-order chi connectivity index (χ0) is 22.4. The Morgan fingerprint density at radius 2 is 1.68 bits per heavy atom. The van der Waals surface area contributed by atoms with Crippen molar-refractivity contribution in [2.45, 2.75) is 11.3 Å². The Morgan fingerprint density at radius 1 is 1.00 bits per heavy atom. The van der Waals surface area contributed by atoms with E-state index >= 15 is 0 Å². The summed E-state index contributed by atoms with van der Waals surface area (Å²) in [5.74, 6) is 0.127. The first-order valence-electron chi connectivity index (χ1n) is 9.57. The number of ether oxygens (including phenoxy) is 1. The van der Waals surface area contributed by atoms with Gasteiger partial charge in [0.25, 0.3) is 5.91 Å². The van der Waals surface area contributed by atoms with Crippen molar-refractivity contribution in [2.75, 3.05) is 26.0 Å². The van der Waals surface area contributed by atoms with Crippen LogP contribution in [0.1, 0.15) is 15.9 Å². The Kier molecular flexibility index (Phi) is 7.48. The number of anilines is 1. The van der Waals surface area contributed by atoms with E-state index in [0.717, 1.165) is 20.8 Å². The Morgan fingerprint density at radius 3 is 2.32 bits per heavy atom. The fourth-order valence-electron chi connectivity index (χ4n) is 2.85. The van der Waals surface area contributed by atoms with Crippen LogP contribution in [0.25, 0.3) is 0 Å². The molecule has 8 heteroatoms. The first-order valence-corrected chi connectivity index (χ1v) is 11.8. The molecule has 0 bridgehead atoms. The van der Waals surface area contributed by atoms with E-state index in [0.29, 0.717) is 23.6 Å². The number of carbonyl (C=O) groups is 1. The van der Waals surface area contributed by atoms with Crippen LogP contribution in [-0.4, -0.2) is 39.3 Å². The maximum absolute atomic E-state index is 12.9. The van der Waals surface area contributed by atoms with Crippen LogP contribution in [0.3, 0.4) is 0 Å². The van der Waals surface area contributed by atoms with Gasteiger partial charge in [0.1, 0.15) is 5.75 Å². The number of rotatable bonds is 8. The monoisotopic (exact) mass is 502 g/mol. The number of halogens is 1. The standard InChI is InChI=1S/C23H23BrN2O4S/c1-26(2)31(28,29)20-11-9-19(10-12-20)25-23(27)21-16-18(24)8-13-22(21)30-15-14-17-6-4-3-5-7-17/h3-13,16H,14-15H2,1-2H3,(H,25,27). The summed E-state index contributed by atoms with van der Waals surface area (Å²) >= 11 is 3.39. The van der Waals surface area contributed by atoms with E-state index in [1.807, 2.05) is 36.4 Å². The van der Waals surface area contributed by atoms with Gasteiger partial charge in [-0.3, -0.25) is 4.79 Å². The third-order valence-corrected chi connectivity index (χ3v) is 6.89. The number of nitrogens with one attached hydrogen (secondary N) is 1. The van der Waals surface area contributed by atoms with Crippen molar-refractivity contribution < 1.29 is 17.9 Å². The van der Waals surface area contributed by atoms with Crippen LogP contribution in [-0.2, 0) is 16.4 Å². The maximum atomic E-state index is 12.9. The van der Waals surface area contributed by atoms with Gasteiger partial charge >= 0.3 is 0 Å². The Bertz CT molecular complexity index is 1150. The van der Waals surface area contributed by atoms with Gasteiger partial charge in [0, 0.05) is 30.7 Å². The van der Waals surface area contributed by atoms with Crippen LogP contribution in [0.15, 0.2) is 82.2 Å². The summed E-state index contributed by atoms with van der Waals surface area (Å²) in [4.78, 5) is 13.0. The Labute approximate surface area is 191 Å². The second-order valence-corrected chi connectivity index (χ2v) is 10.1. The predicted octanol–water partition coefficient (Wildman–Crippen LogP) is 4.57. The van der Waals surface area contributed by atoms with Gasteiger partial charge in [-0.1, -0.05) is 46.3 Å². The highest BCUT2D eigenvalue weighted by Crippen LogP contribution is 2.25. The third-order valence-electron chi connectivity index (χ3n) is 4.57. The van der Waals surface area contributed by atoms with Gasteiger partial charge in [-0.2, -0.15) is 0 Å². The molecule has 0 aliphatic rings. The van der Waals surface area contributed by atoms with Gasteiger partial charge < -0.3 is 10.1 Å². The number of sulfonamides is 1. The van der Waals surface area contributed by atoms with E-state index in [-0.39, 0.29) is 10.8 Å². The molecular weight excluding hydrogens is 480 g/mol. The lowest BCUT2D eigenvalue weighted by molar-refractivity contribution is 0.102. The molecular formula is C23H23BrN2O4S. The summed E-state index contributed by atoms with van der Waals surface area (Å²) in [5, 5.41) is 2.79. The number of carbonyl (C=O) groups excluding carboxylic acids is 1. The predicted molar refractivity (Wildman–Crippen MR) is 125 cm³/mol. The molecule has 0 atom stereocenters. The van der Waals surface area contributed by atoms with Crippen molar-refractivity contribution in [1.82, 2.24) is 4.31 Å². The normalized spacial score (nSPS) is 11.4. The van der Waals surface area contributed by atoms with E-state index in [1.54, 1.807) is 24.3 Å². The largest absolute Gasteiger partial charge is 0.492 e. The fraction of sp³-hybridized carbons (Fsp3) is 0.174. The average Bonchev–Trinajstić information content (AvgIpc) is 2.75. The Hall–Kier alpha value is -2.68. The molecule has 0 saturated carbocycles. The van der Waals surface area contributed by atoms with Gasteiger partial charge in [0.05, 0.1) is 17.1 Å². The van der Waals surface area contributed by atoms with E-state index in [9.17, 15) is 13.2 Å². The molecule has 0 aliphatic heterocycles. The van der Waals surface area contributed by atoms with Crippen molar-refractivity contribution in [3.05, 3.63) is 88.4 Å². The molecule has 0 aromatic heterocycles. The minimum atomic E-state index is -3.53. The topological polar surface area (TPSA) is 75.7 Å². The average molecular weight is 503 g/mol. The SMILES string of the molecule is CN(C)S(=O)(=O)c1ccc(NC(=O)c2cc(Br)ccc2OCCc2ccccc2)cc1. The molecule has 3 aromatic rings. The van der Waals surface area contributed by atoms with E-state index < -0.39 is 10.0 Å². The van der Waals surface area contributed by atoms with Gasteiger partial charge in [-0.15, -0.1) is 0 Å². The molecule has 0 aliphatic carbocycles. The van der Waals surface area contributed by atoms with Crippen molar-refractivity contribution in [3.63, 3.8) is 0 Å². The summed E-state index contributed by atoms with van der Waals surface area (Å²) in [6, 6.07) is 21.3. The molecule has 162 valence electrons. The van der Waals surface area contributed by atoms with E-state index in [1.165, 1.54) is 26.2 Å². The quantitative estimate of drug-likeness (QED) is 0.489. The highest BCUT2D eigenvalue weighted by Gasteiger charge is 2.18. The van der Waals surface area contributed by atoms with Crippen LogP contribution < -0.4 is 10.1 Å². The van der Waals surface area contributed by atoms with Crippen LogP contribution in [0.2, 0.25) is 0 Å². The lowest BCUT2D eigenvalue weighted by Crippen LogP contribution is -2.22. The van der Waals surface area contributed by atoms with E-state index in [4.69, 9.17) is 4.74 Å². The van der Waals surface area contributed by atoms with Gasteiger partial charge in [-0.25, -0.2) is 12.7 Å². The maximum Gasteiger partial charge on any atom is 0.259 e. The lowest BCUT2D eigenvalue weighted by Gasteiger charge is -2.14. The van der Waals surface area contributed by atoms with Crippen molar-refractivity contribution in [1.29, 1.82) is 0 Å².